The molecule has 0 aromatic heterocycles. The summed E-state index contributed by atoms with van der Waals surface area (Å²) in [6.45, 7) is 1.15. The van der Waals surface area contributed by atoms with Crippen molar-refractivity contribution in [3.8, 4) is 0 Å². The van der Waals surface area contributed by atoms with Gasteiger partial charge in [-0.25, -0.2) is 0 Å². The monoisotopic (exact) mass is 202 g/mol. The summed E-state index contributed by atoms with van der Waals surface area (Å²) in [5.74, 6) is 0.193. The van der Waals surface area contributed by atoms with Gasteiger partial charge in [-0.2, -0.15) is 0 Å². The molecule has 0 radical (unpaired) electrons. The Morgan fingerprint density at radius 2 is 2.36 bits per heavy atom. The van der Waals surface area contributed by atoms with Gasteiger partial charge in [0.1, 0.15) is 6.61 Å². The van der Waals surface area contributed by atoms with Gasteiger partial charge in [0.15, 0.2) is 0 Å². The molecule has 5 nitrogen and oxygen atoms in total. The molecule has 1 amide bonds. The quantitative estimate of drug-likeness (QED) is 0.455. The standard InChI is InChI=1S/C9H18N2O3/c10-3-4-14-6-9(13)11-5-8(12)7-1-2-7/h7-8,12H,1-6,10H2,(H,11,13). The van der Waals surface area contributed by atoms with Gasteiger partial charge in [-0.15, -0.1) is 0 Å². The van der Waals surface area contributed by atoms with E-state index in [9.17, 15) is 9.90 Å². The fraction of sp³-hybridized carbons (Fsp3) is 0.889. The number of hydrogen-bond donors (Lipinski definition) is 3. The summed E-state index contributed by atoms with van der Waals surface area (Å²) in [7, 11) is 0. The summed E-state index contributed by atoms with van der Waals surface area (Å²) in [5, 5.41) is 12.0. The highest BCUT2D eigenvalue weighted by atomic mass is 16.5. The van der Waals surface area contributed by atoms with Crippen LogP contribution < -0.4 is 11.1 Å². The van der Waals surface area contributed by atoms with E-state index in [4.69, 9.17) is 10.5 Å². The van der Waals surface area contributed by atoms with Gasteiger partial charge in [-0.05, 0) is 18.8 Å². The minimum atomic E-state index is -0.395. The minimum Gasteiger partial charge on any atom is -0.391 e. The first-order chi connectivity index (χ1) is 6.74. The van der Waals surface area contributed by atoms with Crippen LogP contribution >= 0.6 is 0 Å². The minimum absolute atomic E-state index is 0.0224. The van der Waals surface area contributed by atoms with Crippen LogP contribution in [0.15, 0.2) is 0 Å². The summed E-state index contributed by atoms with van der Waals surface area (Å²) in [6, 6.07) is 0. The molecule has 1 fully saturated rings. The summed E-state index contributed by atoms with van der Waals surface area (Å²) in [6.07, 6.45) is 1.75. The van der Waals surface area contributed by atoms with E-state index >= 15 is 0 Å². The number of aliphatic hydroxyl groups is 1. The first-order valence-electron chi connectivity index (χ1n) is 4.96. The van der Waals surface area contributed by atoms with Crippen molar-refractivity contribution in [3.05, 3.63) is 0 Å². The lowest BCUT2D eigenvalue weighted by molar-refractivity contribution is -0.126. The van der Waals surface area contributed by atoms with E-state index in [1.165, 1.54) is 0 Å². The van der Waals surface area contributed by atoms with Gasteiger partial charge in [0.05, 0.1) is 12.7 Å². The van der Waals surface area contributed by atoms with E-state index in [1.54, 1.807) is 0 Å². The Labute approximate surface area is 83.6 Å². The van der Waals surface area contributed by atoms with E-state index in [2.05, 4.69) is 5.32 Å². The summed E-state index contributed by atoms with van der Waals surface area (Å²) >= 11 is 0. The molecule has 0 bridgehead atoms. The lowest BCUT2D eigenvalue weighted by atomic mass is 10.2. The van der Waals surface area contributed by atoms with Crippen LogP contribution in [0.4, 0.5) is 0 Å². The number of nitrogens with two attached hydrogens (primary N) is 1. The van der Waals surface area contributed by atoms with Crippen molar-refractivity contribution in [1.29, 1.82) is 0 Å². The number of nitrogens with one attached hydrogen (secondary N) is 1. The lowest BCUT2D eigenvalue weighted by Crippen LogP contribution is -2.35. The van der Waals surface area contributed by atoms with Gasteiger partial charge in [-0.3, -0.25) is 4.79 Å². The Morgan fingerprint density at radius 3 is 2.93 bits per heavy atom. The number of carbonyl (C=O) groups excluding carboxylic acids is 1. The maximum absolute atomic E-state index is 11.1. The second-order valence-corrected chi connectivity index (χ2v) is 3.55. The maximum atomic E-state index is 11.1. The molecule has 5 heteroatoms. The number of hydrogen-bond acceptors (Lipinski definition) is 4. The van der Waals surface area contributed by atoms with E-state index in [0.717, 1.165) is 12.8 Å². The molecule has 0 saturated heterocycles. The molecule has 1 saturated carbocycles. The molecule has 0 spiro atoms. The predicted octanol–water partition coefficient (Wildman–Crippen LogP) is -1.15. The third kappa shape index (κ3) is 4.55. The molecule has 82 valence electrons. The second kappa shape index (κ2) is 5.95. The average molecular weight is 202 g/mol. The zero-order valence-corrected chi connectivity index (χ0v) is 8.24. The van der Waals surface area contributed by atoms with E-state index in [-0.39, 0.29) is 12.5 Å². The van der Waals surface area contributed by atoms with Crippen LogP contribution in [0.3, 0.4) is 0 Å². The number of rotatable bonds is 7. The Bertz CT molecular complexity index is 183. The number of aliphatic hydroxyl groups excluding tert-OH is 1. The number of carbonyl (C=O) groups is 1. The van der Waals surface area contributed by atoms with Crippen LogP contribution in [0.1, 0.15) is 12.8 Å². The lowest BCUT2D eigenvalue weighted by Gasteiger charge is -2.10. The molecule has 14 heavy (non-hydrogen) atoms. The van der Waals surface area contributed by atoms with Crippen LogP contribution in [-0.2, 0) is 9.53 Å². The van der Waals surface area contributed by atoms with Gasteiger partial charge < -0.3 is 20.9 Å². The molecule has 0 aromatic rings. The largest absolute Gasteiger partial charge is 0.391 e. The molecule has 0 heterocycles. The Balaban J connectivity index is 1.96. The SMILES string of the molecule is NCCOCC(=O)NCC(O)C1CC1. The van der Waals surface area contributed by atoms with Crippen molar-refractivity contribution in [2.75, 3.05) is 26.3 Å². The molecule has 0 aliphatic heterocycles. The first-order valence-corrected chi connectivity index (χ1v) is 4.96. The molecule has 0 aromatic carbocycles. The molecule has 1 unspecified atom stereocenters. The fourth-order valence-electron chi connectivity index (χ4n) is 1.17. The van der Waals surface area contributed by atoms with Crippen LogP contribution in [0.25, 0.3) is 0 Å². The van der Waals surface area contributed by atoms with Crippen molar-refractivity contribution in [2.24, 2.45) is 11.7 Å². The van der Waals surface area contributed by atoms with Crippen LogP contribution in [0.2, 0.25) is 0 Å². The highest BCUT2D eigenvalue weighted by molar-refractivity contribution is 5.77. The van der Waals surface area contributed by atoms with E-state index in [1.807, 2.05) is 0 Å². The topological polar surface area (TPSA) is 84.6 Å². The molecular formula is C9H18N2O3. The summed E-state index contributed by atoms with van der Waals surface area (Å²) < 4.78 is 4.93. The van der Waals surface area contributed by atoms with E-state index in [0.29, 0.717) is 25.6 Å². The molecule has 1 atom stereocenters. The van der Waals surface area contributed by atoms with Crippen molar-refractivity contribution in [2.45, 2.75) is 18.9 Å². The number of amides is 1. The highest BCUT2D eigenvalue weighted by Crippen LogP contribution is 2.32. The van der Waals surface area contributed by atoms with E-state index < -0.39 is 6.10 Å². The van der Waals surface area contributed by atoms with Crippen LogP contribution in [0, 0.1) is 5.92 Å². The fourth-order valence-corrected chi connectivity index (χ4v) is 1.17. The van der Waals surface area contributed by atoms with Gasteiger partial charge in [0, 0.05) is 13.1 Å². The van der Waals surface area contributed by atoms with Crippen molar-refractivity contribution in [1.82, 2.24) is 5.32 Å². The number of ether oxygens (including phenoxy) is 1. The predicted molar refractivity (Wildman–Crippen MR) is 51.6 cm³/mol. The summed E-state index contributed by atoms with van der Waals surface area (Å²) in [5.41, 5.74) is 5.19. The van der Waals surface area contributed by atoms with Crippen molar-refractivity contribution >= 4 is 5.91 Å². The molecule has 1 aliphatic carbocycles. The smallest absolute Gasteiger partial charge is 0.246 e. The first kappa shape index (κ1) is 11.4. The molecular weight excluding hydrogens is 184 g/mol. The van der Waals surface area contributed by atoms with Crippen LogP contribution in [0.5, 0.6) is 0 Å². The zero-order chi connectivity index (χ0) is 10.4. The third-order valence-electron chi connectivity index (χ3n) is 2.17. The maximum Gasteiger partial charge on any atom is 0.246 e. The van der Waals surface area contributed by atoms with Gasteiger partial charge >= 0.3 is 0 Å². The average Bonchev–Trinajstić information content (AvgIpc) is 2.98. The molecule has 4 N–H and O–H groups in total. The van der Waals surface area contributed by atoms with Crippen LogP contribution in [-0.4, -0.2) is 43.4 Å². The normalized spacial score (nSPS) is 17.9. The van der Waals surface area contributed by atoms with Crippen molar-refractivity contribution < 1.29 is 14.6 Å². The Hall–Kier alpha value is -0.650. The Morgan fingerprint density at radius 1 is 1.64 bits per heavy atom. The highest BCUT2D eigenvalue weighted by Gasteiger charge is 2.29. The van der Waals surface area contributed by atoms with Crippen molar-refractivity contribution in [3.63, 3.8) is 0 Å². The molecule has 1 aliphatic rings. The van der Waals surface area contributed by atoms with Gasteiger partial charge in [0.2, 0.25) is 5.91 Å². The van der Waals surface area contributed by atoms with Gasteiger partial charge in [-0.1, -0.05) is 0 Å². The second-order valence-electron chi connectivity index (χ2n) is 3.55. The Kier molecular flexibility index (Phi) is 4.86. The summed E-state index contributed by atoms with van der Waals surface area (Å²) in [4.78, 5) is 11.1. The zero-order valence-electron chi connectivity index (χ0n) is 8.24. The third-order valence-corrected chi connectivity index (χ3v) is 2.17. The van der Waals surface area contributed by atoms with Gasteiger partial charge in [0.25, 0.3) is 0 Å². The molecule has 1 rings (SSSR count).